The number of benzene rings is 1. The minimum atomic E-state index is 0.382. The van der Waals surface area contributed by atoms with Crippen molar-refractivity contribution >= 4 is 11.8 Å². The van der Waals surface area contributed by atoms with Crippen molar-refractivity contribution in [1.82, 2.24) is 15.6 Å². The molecule has 0 spiro atoms. The standard InChI is InChI=1S/C24H35N5O3/c1-17-6-7-23(27-16-17)29-12-9-18(10-13-29)28-24(25-2)26-11-8-20-21(31-4)14-19(30-3)15-22(20)32-5/h6-7,14-16,18H,8-13H2,1-5H3,(H2,25,26,28). The second-order valence-corrected chi connectivity index (χ2v) is 7.86. The van der Waals surface area contributed by atoms with E-state index in [-0.39, 0.29) is 0 Å². The van der Waals surface area contributed by atoms with E-state index in [0.29, 0.717) is 18.3 Å². The number of piperidine rings is 1. The third kappa shape index (κ3) is 5.96. The molecule has 2 N–H and O–H groups in total. The fraction of sp³-hybridized carbons (Fsp3) is 0.500. The van der Waals surface area contributed by atoms with E-state index in [9.17, 15) is 0 Å². The third-order valence-electron chi connectivity index (χ3n) is 5.76. The van der Waals surface area contributed by atoms with Gasteiger partial charge in [-0.15, -0.1) is 0 Å². The van der Waals surface area contributed by atoms with Crippen molar-refractivity contribution in [2.24, 2.45) is 4.99 Å². The van der Waals surface area contributed by atoms with Gasteiger partial charge in [0.05, 0.1) is 21.3 Å². The third-order valence-corrected chi connectivity index (χ3v) is 5.76. The molecule has 8 heteroatoms. The van der Waals surface area contributed by atoms with E-state index in [4.69, 9.17) is 14.2 Å². The maximum Gasteiger partial charge on any atom is 0.191 e. The summed E-state index contributed by atoms with van der Waals surface area (Å²) in [5.74, 6) is 4.08. The number of rotatable bonds is 8. The van der Waals surface area contributed by atoms with Crippen molar-refractivity contribution in [3.05, 3.63) is 41.6 Å². The monoisotopic (exact) mass is 441 g/mol. The lowest BCUT2D eigenvalue weighted by atomic mass is 10.1. The van der Waals surface area contributed by atoms with E-state index in [1.54, 1.807) is 28.4 Å². The second kappa shape index (κ2) is 11.5. The molecule has 3 rings (SSSR count). The van der Waals surface area contributed by atoms with Crippen molar-refractivity contribution in [1.29, 1.82) is 0 Å². The van der Waals surface area contributed by atoms with Gasteiger partial charge in [-0.05, 0) is 37.8 Å². The highest BCUT2D eigenvalue weighted by Crippen LogP contribution is 2.34. The molecule has 8 nitrogen and oxygen atoms in total. The first-order valence-electron chi connectivity index (χ1n) is 11.0. The Hall–Kier alpha value is -3.16. The van der Waals surface area contributed by atoms with E-state index in [1.165, 1.54) is 5.56 Å². The molecule has 1 aromatic carbocycles. The van der Waals surface area contributed by atoms with E-state index in [0.717, 1.165) is 61.2 Å². The lowest BCUT2D eigenvalue weighted by molar-refractivity contribution is 0.368. The van der Waals surface area contributed by atoms with Gasteiger partial charge in [0.1, 0.15) is 23.1 Å². The number of hydrogen-bond acceptors (Lipinski definition) is 6. The van der Waals surface area contributed by atoms with Crippen molar-refractivity contribution in [3.63, 3.8) is 0 Å². The van der Waals surface area contributed by atoms with Crippen LogP contribution >= 0.6 is 0 Å². The van der Waals surface area contributed by atoms with Gasteiger partial charge >= 0.3 is 0 Å². The Morgan fingerprint density at radius 2 is 1.78 bits per heavy atom. The Morgan fingerprint density at radius 1 is 1.09 bits per heavy atom. The molecule has 1 saturated heterocycles. The lowest BCUT2D eigenvalue weighted by Gasteiger charge is -2.33. The first kappa shape index (κ1) is 23.5. The van der Waals surface area contributed by atoms with Gasteiger partial charge in [-0.3, -0.25) is 4.99 Å². The van der Waals surface area contributed by atoms with Crippen LogP contribution in [0.15, 0.2) is 35.5 Å². The lowest BCUT2D eigenvalue weighted by Crippen LogP contribution is -2.49. The predicted octanol–water partition coefficient (Wildman–Crippen LogP) is 2.79. The maximum absolute atomic E-state index is 5.55. The summed E-state index contributed by atoms with van der Waals surface area (Å²) in [5, 5.41) is 6.97. The van der Waals surface area contributed by atoms with Crippen LogP contribution in [0.5, 0.6) is 17.2 Å². The van der Waals surface area contributed by atoms with Crippen LogP contribution in [0.1, 0.15) is 24.0 Å². The molecule has 0 unspecified atom stereocenters. The van der Waals surface area contributed by atoms with Crippen LogP contribution in [0.25, 0.3) is 0 Å². The molecule has 2 aromatic rings. The van der Waals surface area contributed by atoms with Gasteiger partial charge in [0.25, 0.3) is 0 Å². The van der Waals surface area contributed by atoms with Crippen LogP contribution in [0.3, 0.4) is 0 Å². The van der Waals surface area contributed by atoms with E-state index >= 15 is 0 Å². The average Bonchev–Trinajstić information content (AvgIpc) is 2.84. The van der Waals surface area contributed by atoms with Crippen LogP contribution in [-0.4, -0.2) is 65.0 Å². The molecule has 1 aromatic heterocycles. The van der Waals surface area contributed by atoms with Crippen LogP contribution in [0.2, 0.25) is 0 Å². The Labute approximate surface area is 191 Å². The van der Waals surface area contributed by atoms with Crippen molar-refractivity contribution < 1.29 is 14.2 Å². The summed E-state index contributed by atoms with van der Waals surface area (Å²) in [6.07, 6.45) is 4.74. The fourth-order valence-electron chi connectivity index (χ4n) is 3.92. The minimum Gasteiger partial charge on any atom is -0.496 e. The number of methoxy groups -OCH3 is 3. The van der Waals surface area contributed by atoms with Crippen molar-refractivity contribution in [2.45, 2.75) is 32.2 Å². The zero-order chi connectivity index (χ0) is 22.9. The Bertz CT molecular complexity index is 868. The van der Waals surface area contributed by atoms with Gasteiger partial charge < -0.3 is 29.7 Å². The van der Waals surface area contributed by atoms with E-state index < -0.39 is 0 Å². The summed E-state index contributed by atoms with van der Waals surface area (Å²) in [7, 11) is 6.75. The maximum atomic E-state index is 5.55. The number of nitrogens with one attached hydrogen (secondary N) is 2. The van der Waals surface area contributed by atoms with Crippen LogP contribution < -0.4 is 29.7 Å². The molecule has 1 aliphatic rings. The minimum absolute atomic E-state index is 0.382. The highest BCUT2D eigenvalue weighted by atomic mass is 16.5. The molecular weight excluding hydrogens is 406 g/mol. The summed E-state index contributed by atoms with van der Waals surface area (Å²) in [6, 6.07) is 8.35. The molecule has 0 atom stereocenters. The van der Waals surface area contributed by atoms with Gasteiger partial charge in [-0.25, -0.2) is 4.98 Å². The summed E-state index contributed by atoms with van der Waals surface area (Å²) in [4.78, 5) is 11.3. The molecule has 0 aliphatic carbocycles. The molecule has 32 heavy (non-hydrogen) atoms. The smallest absolute Gasteiger partial charge is 0.191 e. The number of ether oxygens (including phenoxy) is 3. The summed E-state index contributed by atoms with van der Waals surface area (Å²) < 4.78 is 16.4. The first-order valence-corrected chi connectivity index (χ1v) is 11.0. The average molecular weight is 442 g/mol. The molecule has 2 heterocycles. The quantitative estimate of drug-likeness (QED) is 0.482. The largest absolute Gasteiger partial charge is 0.496 e. The van der Waals surface area contributed by atoms with E-state index in [1.807, 2.05) is 18.3 Å². The van der Waals surface area contributed by atoms with Crippen LogP contribution in [0, 0.1) is 6.92 Å². The van der Waals surface area contributed by atoms with Gasteiger partial charge in [0, 0.05) is 56.6 Å². The Balaban J connectivity index is 1.50. The van der Waals surface area contributed by atoms with Crippen LogP contribution in [-0.2, 0) is 6.42 Å². The predicted molar refractivity (Wildman–Crippen MR) is 129 cm³/mol. The molecule has 0 radical (unpaired) electrons. The van der Waals surface area contributed by atoms with Crippen molar-refractivity contribution in [2.75, 3.05) is 52.9 Å². The SMILES string of the molecule is CN=C(NCCc1c(OC)cc(OC)cc1OC)NC1CCN(c2ccc(C)cn2)CC1. The molecular formula is C24H35N5O3. The summed E-state index contributed by atoms with van der Waals surface area (Å²) in [6.45, 7) is 4.72. The Morgan fingerprint density at radius 3 is 2.31 bits per heavy atom. The number of aliphatic imine (C=N–C) groups is 1. The van der Waals surface area contributed by atoms with Crippen LogP contribution in [0.4, 0.5) is 5.82 Å². The zero-order valence-electron chi connectivity index (χ0n) is 19.8. The number of pyridine rings is 1. The van der Waals surface area contributed by atoms with Gasteiger partial charge in [-0.1, -0.05) is 6.07 Å². The van der Waals surface area contributed by atoms with Gasteiger partial charge in [0.2, 0.25) is 0 Å². The molecule has 0 amide bonds. The Kier molecular flexibility index (Phi) is 8.41. The number of guanidine groups is 1. The number of aromatic nitrogens is 1. The number of hydrogen-bond donors (Lipinski definition) is 2. The zero-order valence-corrected chi connectivity index (χ0v) is 19.8. The number of aryl methyl sites for hydroxylation is 1. The number of anilines is 1. The van der Waals surface area contributed by atoms with Gasteiger partial charge in [0.15, 0.2) is 5.96 Å². The molecule has 0 saturated carbocycles. The fourth-order valence-corrected chi connectivity index (χ4v) is 3.92. The molecule has 1 aliphatic heterocycles. The summed E-state index contributed by atoms with van der Waals surface area (Å²) >= 11 is 0. The number of nitrogens with zero attached hydrogens (tertiary/aromatic N) is 3. The highest BCUT2D eigenvalue weighted by Gasteiger charge is 2.21. The van der Waals surface area contributed by atoms with E-state index in [2.05, 4.69) is 44.6 Å². The van der Waals surface area contributed by atoms with Gasteiger partial charge in [-0.2, -0.15) is 0 Å². The highest BCUT2D eigenvalue weighted by molar-refractivity contribution is 5.80. The second-order valence-electron chi connectivity index (χ2n) is 7.86. The topological polar surface area (TPSA) is 80.2 Å². The molecule has 0 bridgehead atoms. The van der Waals surface area contributed by atoms with Crippen molar-refractivity contribution in [3.8, 4) is 17.2 Å². The normalized spacial score (nSPS) is 14.8. The molecule has 1 fully saturated rings. The summed E-state index contributed by atoms with van der Waals surface area (Å²) in [5.41, 5.74) is 2.18. The first-order chi connectivity index (χ1) is 15.6. The molecule has 174 valence electrons.